The number of hydrogen-bond donors (Lipinski definition) is 3. The molecule has 0 amide bonds. The highest BCUT2D eigenvalue weighted by Crippen LogP contribution is 2.20. The molecule has 0 saturated carbocycles. The number of sulfonamides is 1. The van der Waals surface area contributed by atoms with E-state index in [-0.39, 0.29) is 10.5 Å². The highest BCUT2D eigenvalue weighted by atomic mass is 32.2. The molecule has 0 aliphatic carbocycles. The molecule has 0 spiro atoms. The van der Waals surface area contributed by atoms with Crippen LogP contribution in [0.25, 0.3) is 0 Å². The molecule has 0 heterocycles. The first-order valence-electron chi connectivity index (χ1n) is 5.66. The van der Waals surface area contributed by atoms with Gasteiger partial charge in [0.25, 0.3) is 0 Å². The largest absolute Gasteiger partial charge is 0.478 e. The lowest BCUT2D eigenvalue weighted by Crippen LogP contribution is -2.15. The van der Waals surface area contributed by atoms with Crippen molar-refractivity contribution in [3.63, 3.8) is 0 Å². The SMILES string of the molecule is CS(=O)CCCNc1ccc(S(N)(=O)=O)cc1C(=O)O. The zero-order valence-corrected chi connectivity index (χ0v) is 12.5. The summed E-state index contributed by atoms with van der Waals surface area (Å²) in [7, 11) is -4.85. The number of primary sulfonamides is 1. The molecule has 0 saturated heterocycles. The second-order valence-electron chi connectivity index (χ2n) is 4.12. The van der Waals surface area contributed by atoms with Gasteiger partial charge >= 0.3 is 5.97 Å². The first-order chi connectivity index (χ1) is 9.21. The highest BCUT2D eigenvalue weighted by molar-refractivity contribution is 7.89. The number of carboxylic acid groups (broad SMARTS) is 1. The van der Waals surface area contributed by atoms with Crippen molar-refractivity contribution < 1.29 is 22.5 Å². The molecule has 0 bridgehead atoms. The van der Waals surface area contributed by atoms with Crippen molar-refractivity contribution in [1.29, 1.82) is 0 Å². The minimum absolute atomic E-state index is 0.172. The normalized spacial score (nSPS) is 12.9. The molecule has 112 valence electrons. The number of carbonyl (C=O) groups is 1. The third-order valence-corrected chi connectivity index (χ3v) is 4.25. The molecule has 0 aliphatic rings. The Bertz CT molecular complexity index is 628. The Morgan fingerprint density at radius 3 is 2.60 bits per heavy atom. The van der Waals surface area contributed by atoms with Crippen LogP contribution in [0.1, 0.15) is 16.8 Å². The summed E-state index contributed by atoms with van der Waals surface area (Å²) in [6.07, 6.45) is 2.20. The van der Waals surface area contributed by atoms with Gasteiger partial charge in [0.05, 0.1) is 10.5 Å². The molecule has 0 radical (unpaired) electrons. The van der Waals surface area contributed by atoms with Crippen molar-refractivity contribution in [2.24, 2.45) is 5.14 Å². The zero-order valence-electron chi connectivity index (χ0n) is 10.8. The molecule has 4 N–H and O–H groups in total. The van der Waals surface area contributed by atoms with Gasteiger partial charge in [-0.3, -0.25) is 4.21 Å². The van der Waals surface area contributed by atoms with E-state index in [1.54, 1.807) is 6.26 Å². The standard InChI is InChI=1S/C11H16N2O5S2/c1-19(16)6-2-5-13-10-4-3-8(20(12,17)18)7-9(10)11(14)15/h3-4,7,13H,2,5-6H2,1H3,(H,14,15)(H2,12,17,18). The lowest BCUT2D eigenvalue weighted by Gasteiger charge is -2.10. The highest BCUT2D eigenvalue weighted by Gasteiger charge is 2.15. The number of nitrogens with two attached hydrogens (primary N) is 1. The van der Waals surface area contributed by atoms with Crippen LogP contribution in [-0.2, 0) is 20.8 Å². The number of carboxylic acids is 1. The quantitative estimate of drug-likeness (QED) is 0.617. The molecule has 7 nitrogen and oxygen atoms in total. The van der Waals surface area contributed by atoms with Gasteiger partial charge in [-0.1, -0.05) is 0 Å². The van der Waals surface area contributed by atoms with E-state index < -0.39 is 26.8 Å². The molecular formula is C11H16N2O5S2. The fourth-order valence-electron chi connectivity index (χ4n) is 1.53. The minimum atomic E-state index is -3.94. The molecular weight excluding hydrogens is 304 g/mol. The van der Waals surface area contributed by atoms with Gasteiger partial charge < -0.3 is 10.4 Å². The van der Waals surface area contributed by atoms with Crippen LogP contribution in [0.15, 0.2) is 23.1 Å². The monoisotopic (exact) mass is 320 g/mol. The molecule has 1 aromatic rings. The molecule has 20 heavy (non-hydrogen) atoms. The Balaban J connectivity index is 2.91. The van der Waals surface area contributed by atoms with Crippen molar-refractivity contribution in [1.82, 2.24) is 0 Å². The maximum Gasteiger partial charge on any atom is 0.337 e. The van der Waals surface area contributed by atoms with Crippen molar-refractivity contribution in [3.8, 4) is 0 Å². The Morgan fingerprint density at radius 2 is 2.10 bits per heavy atom. The van der Waals surface area contributed by atoms with Gasteiger partial charge in [-0.05, 0) is 24.6 Å². The third-order valence-electron chi connectivity index (χ3n) is 2.47. The maximum atomic E-state index is 11.2. The zero-order chi connectivity index (χ0) is 15.3. The number of benzene rings is 1. The molecule has 0 aliphatic heterocycles. The van der Waals surface area contributed by atoms with E-state index in [9.17, 15) is 17.4 Å². The molecule has 1 atom stereocenters. The van der Waals surface area contributed by atoms with Gasteiger partial charge in [-0.15, -0.1) is 0 Å². The van der Waals surface area contributed by atoms with Crippen molar-refractivity contribution >= 4 is 32.5 Å². The van der Waals surface area contributed by atoms with Crippen LogP contribution in [0.5, 0.6) is 0 Å². The summed E-state index contributed by atoms with van der Waals surface area (Å²) in [5, 5.41) is 16.9. The molecule has 9 heteroatoms. The van der Waals surface area contributed by atoms with Gasteiger partial charge in [-0.2, -0.15) is 0 Å². The second-order valence-corrected chi connectivity index (χ2v) is 7.23. The van der Waals surface area contributed by atoms with Crippen molar-refractivity contribution in [2.75, 3.05) is 23.9 Å². The van der Waals surface area contributed by atoms with E-state index in [2.05, 4.69) is 5.32 Å². The van der Waals surface area contributed by atoms with Crippen molar-refractivity contribution in [3.05, 3.63) is 23.8 Å². The Morgan fingerprint density at radius 1 is 1.45 bits per heavy atom. The number of hydrogen-bond acceptors (Lipinski definition) is 5. The molecule has 1 rings (SSSR count). The van der Waals surface area contributed by atoms with Crippen LogP contribution >= 0.6 is 0 Å². The summed E-state index contributed by atoms with van der Waals surface area (Å²) in [6.45, 7) is 0.439. The van der Waals surface area contributed by atoms with Crippen LogP contribution in [0, 0.1) is 0 Å². The van der Waals surface area contributed by atoms with Crippen LogP contribution < -0.4 is 10.5 Å². The van der Waals surface area contributed by atoms with Crippen molar-refractivity contribution in [2.45, 2.75) is 11.3 Å². The van der Waals surface area contributed by atoms with Gasteiger partial charge in [0.2, 0.25) is 10.0 Å². The van der Waals surface area contributed by atoms with E-state index in [4.69, 9.17) is 10.2 Å². The van der Waals surface area contributed by atoms with Crippen LogP contribution in [-0.4, -0.2) is 42.3 Å². The topological polar surface area (TPSA) is 127 Å². The van der Waals surface area contributed by atoms with E-state index in [1.165, 1.54) is 12.1 Å². The summed E-state index contributed by atoms with van der Waals surface area (Å²) < 4.78 is 33.3. The lowest BCUT2D eigenvalue weighted by molar-refractivity contribution is 0.0697. The Hall–Kier alpha value is -1.45. The maximum absolute atomic E-state index is 11.2. The molecule has 1 aromatic carbocycles. The van der Waals surface area contributed by atoms with Crippen LogP contribution in [0.2, 0.25) is 0 Å². The van der Waals surface area contributed by atoms with Crippen LogP contribution in [0.4, 0.5) is 5.69 Å². The average molecular weight is 320 g/mol. The number of anilines is 1. The van der Waals surface area contributed by atoms with E-state index >= 15 is 0 Å². The summed E-state index contributed by atoms with van der Waals surface area (Å²) in [5.74, 6) is -0.748. The summed E-state index contributed by atoms with van der Waals surface area (Å²) in [5.41, 5.74) is 0.126. The molecule has 0 fully saturated rings. The fourth-order valence-corrected chi connectivity index (χ4v) is 2.62. The summed E-state index contributed by atoms with van der Waals surface area (Å²) in [4.78, 5) is 10.9. The fraction of sp³-hybridized carbons (Fsp3) is 0.364. The number of aromatic carboxylic acids is 1. The van der Waals surface area contributed by atoms with E-state index in [0.29, 0.717) is 24.4 Å². The van der Waals surface area contributed by atoms with Gasteiger partial charge in [0.15, 0.2) is 0 Å². The Kier molecular flexibility index (Phi) is 5.66. The van der Waals surface area contributed by atoms with Gasteiger partial charge in [-0.25, -0.2) is 18.4 Å². The number of nitrogens with one attached hydrogen (secondary N) is 1. The molecule has 0 aromatic heterocycles. The summed E-state index contributed by atoms with van der Waals surface area (Å²) in [6, 6.07) is 3.60. The second kappa shape index (κ2) is 6.82. The van der Waals surface area contributed by atoms with Gasteiger partial charge in [0.1, 0.15) is 0 Å². The smallest absolute Gasteiger partial charge is 0.337 e. The van der Waals surface area contributed by atoms with Crippen LogP contribution in [0.3, 0.4) is 0 Å². The predicted octanol–water partition coefficient (Wildman–Crippen LogP) is 0.213. The number of rotatable bonds is 7. The molecule has 1 unspecified atom stereocenters. The average Bonchev–Trinajstić information content (AvgIpc) is 2.33. The van der Waals surface area contributed by atoms with Gasteiger partial charge in [0, 0.05) is 35.0 Å². The van der Waals surface area contributed by atoms with E-state index in [1.807, 2.05) is 0 Å². The minimum Gasteiger partial charge on any atom is -0.478 e. The lowest BCUT2D eigenvalue weighted by atomic mass is 10.2. The first-order valence-corrected chi connectivity index (χ1v) is 8.93. The Labute approximate surface area is 119 Å². The summed E-state index contributed by atoms with van der Waals surface area (Å²) >= 11 is 0. The third kappa shape index (κ3) is 4.91. The van der Waals surface area contributed by atoms with E-state index in [0.717, 1.165) is 6.07 Å². The first kappa shape index (κ1) is 16.6. The predicted molar refractivity (Wildman–Crippen MR) is 76.8 cm³/mol.